The van der Waals surface area contributed by atoms with E-state index in [0.717, 1.165) is 5.56 Å². The van der Waals surface area contributed by atoms with Crippen molar-refractivity contribution in [2.75, 3.05) is 13.7 Å². The number of esters is 1. The SMILES string of the molecule is CCOC(=O)C(F)(F)CC1CC(c2ccc(OC)cc2)=NO1. The van der Waals surface area contributed by atoms with Gasteiger partial charge in [-0.05, 0) is 36.8 Å². The molecule has 0 radical (unpaired) electrons. The molecule has 5 nitrogen and oxygen atoms in total. The predicted molar refractivity (Wildman–Crippen MR) is 75.2 cm³/mol. The Kier molecular flexibility index (Phi) is 4.95. The first kappa shape index (κ1) is 16.2. The van der Waals surface area contributed by atoms with Crippen molar-refractivity contribution in [1.82, 2.24) is 0 Å². The van der Waals surface area contributed by atoms with Crippen LogP contribution >= 0.6 is 0 Å². The topological polar surface area (TPSA) is 57.1 Å². The highest BCUT2D eigenvalue weighted by molar-refractivity contribution is 6.01. The number of carbonyl (C=O) groups excluding carboxylic acids is 1. The van der Waals surface area contributed by atoms with E-state index in [1.807, 2.05) is 0 Å². The van der Waals surface area contributed by atoms with Gasteiger partial charge in [0.25, 0.3) is 0 Å². The smallest absolute Gasteiger partial charge is 0.377 e. The number of hydrogen-bond donors (Lipinski definition) is 0. The van der Waals surface area contributed by atoms with Crippen molar-refractivity contribution in [2.45, 2.75) is 31.8 Å². The van der Waals surface area contributed by atoms with E-state index in [1.165, 1.54) is 6.92 Å². The van der Waals surface area contributed by atoms with Crippen LogP contribution in [-0.4, -0.2) is 37.4 Å². The Balaban J connectivity index is 1.95. The molecule has 1 aromatic carbocycles. The molecule has 0 N–H and O–H groups in total. The highest BCUT2D eigenvalue weighted by atomic mass is 19.3. The van der Waals surface area contributed by atoms with Crippen LogP contribution in [0.3, 0.4) is 0 Å². The maximum atomic E-state index is 13.7. The number of oxime groups is 1. The van der Waals surface area contributed by atoms with Crippen molar-refractivity contribution in [2.24, 2.45) is 5.16 Å². The van der Waals surface area contributed by atoms with Crippen molar-refractivity contribution in [3.8, 4) is 5.75 Å². The van der Waals surface area contributed by atoms with Crippen molar-refractivity contribution in [1.29, 1.82) is 0 Å². The Morgan fingerprint density at radius 2 is 2.09 bits per heavy atom. The van der Waals surface area contributed by atoms with Gasteiger partial charge in [0.15, 0.2) is 0 Å². The van der Waals surface area contributed by atoms with E-state index in [9.17, 15) is 13.6 Å². The number of rotatable bonds is 6. The molecule has 1 atom stereocenters. The quantitative estimate of drug-likeness (QED) is 0.758. The molecular weight excluding hydrogens is 296 g/mol. The van der Waals surface area contributed by atoms with E-state index >= 15 is 0 Å². The summed E-state index contributed by atoms with van der Waals surface area (Å²) in [5, 5.41) is 3.82. The van der Waals surface area contributed by atoms with Crippen LogP contribution in [0.5, 0.6) is 5.75 Å². The van der Waals surface area contributed by atoms with Crippen LogP contribution in [0.1, 0.15) is 25.3 Å². The van der Waals surface area contributed by atoms with E-state index in [4.69, 9.17) is 9.57 Å². The van der Waals surface area contributed by atoms with E-state index in [2.05, 4.69) is 9.89 Å². The van der Waals surface area contributed by atoms with Gasteiger partial charge in [-0.15, -0.1) is 0 Å². The maximum Gasteiger partial charge on any atom is 0.377 e. The molecule has 0 fully saturated rings. The monoisotopic (exact) mass is 313 g/mol. The second kappa shape index (κ2) is 6.72. The van der Waals surface area contributed by atoms with Gasteiger partial charge >= 0.3 is 11.9 Å². The van der Waals surface area contributed by atoms with Crippen LogP contribution in [0.15, 0.2) is 29.4 Å². The molecule has 1 heterocycles. The van der Waals surface area contributed by atoms with Gasteiger partial charge in [0, 0.05) is 6.42 Å². The van der Waals surface area contributed by atoms with Crippen LogP contribution < -0.4 is 4.74 Å². The van der Waals surface area contributed by atoms with Crippen LogP contribution in [0.25, 0.3) is 0 Å². The summed E-state index contributed by atoms with van der Waals surface area (Å²) in [4.78, 5) is 16.2. The first-order valence-corrected chi connectivity index (χ1v) is 6.88. The molecule has 1 unspecified atom stereocenters. The molecule has 7 heteroatoms. The van der Waals surface area contributed by atoms with Crippen molar-refractivity contribution >= 4 is 11.7 Å². The highest BCUT2D eigenvalue weighted by Crippen LogP contribution is 2.29. The van der Waals surface area contributed by atoms with E-state index < -0.39 is 24.4 Å². The summed E-state index contributed by atoms with van der Waals surface area (Å²) in [7, 11) is 1.55. The van der Waals surface area contributed by atoms with Gasteiger partial charge < -0.3 is 14.3 Å². The number of hydrogen-bond acceptors (Lipinski definition) is 5. The summed E-state index contributed by atoms with van der Waals surface area (Å²) in [5.74, 6) is -4.42. The average molecular weight is 313 g/mol. The third-order valence-electron chi connectivity index (χ3n) is 3.21. The number of methoxy groups -OCH3 is 1. The van der Waals surface area contributed by atoms with Gasteiger partial charge in [0.05, 0.1) is 25.8 Å². The van der Waals surface area contributed by atoms with Crippen molar-refractivity contribution in [3.05, 3.63) is 29.8 Å². The lowest BCUT2D eigenvalue weighted by molar-refractivity contribution is -0.176. The molecule has 0 saturated carbocycles. The zero-order valence-electron chi connectivity index (χ0n) is 12.3. The summed E-state index contributed by atoms with van der Waals surface area (Å²) in [6, 6.07) is 7.04. The lowest BCUT2D eigenvalue weighted by Gasteiger charge is -2.17. The zero-order valence-corrected chi connectivity index (χ0v) is 12.3. The fourth-order valence-corrected chi connectivity index (χ4v) is 2.10. The third-order valence-corrected chi connectivity index (χ3v) is 3.21. The third kappa shape index (κ3) is 3.72. The van der Waals surface area contributed by atoms with Crippen molar-refractivity contribution < 1.29 is 27.9 Å². The molecule has 0 bridgehead atoms. The van der Waals surface area contributed by atoms with Gasteiger partial charge in [0.1, 0.15) is 11.9 Å². The molecule has 1 aliphatic heterocycles. The lowest BCUT2D eigenvalue weighted by atomic mass is 10.0. The number of benzene rings is 1. The van der Waals surface area contributed by atoms with Crippen LogP contribution in [-0.2, 0) is 14.4 Å². The molecule has 2 rings (SSSR count). The Bertz CT molecular complexity index is 557. The first-order chi connectivity index (χ1) is 10.5. The number of halogens is 2. The summed E-state index contributed by atoms with van der Waals surface area (Å²) in [6.45, 7) is 1.39. The summed E-state index contributed by atoms with van der Waals surface area (Å²) in [5.41, 5.74) is 1.33. The molecule has 1 aromatic rings. The lowest BCUT2D eigenvalue weighted by Crippen LogP contribution is -2.35. The minimum Gasteiger partial charge on any atom is -0.497 e. The molecule has 0 aliphatic carbocycles. The maximum absolute atomic E-state index is 13.7. The van der Waals surface area contributed by atoms with E-state index in [1.54, 1.807) is 31.4 Å². The molecule has 0 saturated heterocycles. The summed E-state index contributed by atoms with van der Waals surface area (Å²) in [6.07, 6.45) is -1.40. The molecular formula is C15H17F2NO4. The second-order valence-corrected chi connectivity index (χ2v) is 4.83. The molecule has 1 aliphatic rings. The second-order valence-electron chi connectivity index (χ2n) is 4.83. The van der Waals surface area contributed by atoms with Gasteiger partial charge in [0.2, 0.25) is 0 Å². The number of nitrogens with zero attached hydrogens (tertiary/aromatic N) is 1. The number of carbonyl (C=O) groups is 1. The zero-order chi connectivity index (χ0) is 16.2. The Labute approximate surface area is 126 Å². The summed E-state index contributed by atoms with van der Waals surface area (Å²) < 4.78 is 36.7. The van der Waals surface area contributed by atoms with Gasteiger partial charge in [-0.1, -0.05) is 5.16 Å². The normalized spacial score (nSPS) is 17.6. The Hall–Kier alpha value is -2.18. The van der Waals surface area contributed by atoms with E-state index in [-0.39, 0.29) is 13.0 Å². The van der Waals surface area contributed by atoms with Gasteiger partial charge in [-0.2, -0.15) is 8.78 Å². The largest absolute Gasteiger partial charge is 0.497 e. The van der Waals surface area contributed by atoms with Crippen LogP contribution in [0, 0.1) is 0 Å². The minimum atomic E-state index is -3.58. The molecule has 22 heavy (non-hydrogen) atoms. The molecule has 120 valence electrons. The van der Waals surface area contributed by atoms with Gasteiger partial charge in [-0.3, -0.25) is 0 Å². The first-order valence-electron chi connectivity index (χ1n) is 6.88. The molecule has 0 aromatic heterocycles. The molecule has 0 spiro atoms. The average Bonchev–Trinajstić information content (AvgIpc) is 2.95. The van der Waals surface area contributed by atoms with E-state index in [0.29, 0.717) is 11.5 Å². The fourth-order valence-electron chi connectivity index (χ4n) is 2.10. The predicted octanol–water partition coefficient (Wildman–Crippen LogP) is 2.78. The van der Waals surface area contributed by atoms with Crippen molar-refractivity contribution in [3.63, 3.8) is 0 Å². The summed E-state index contributed by atoms with van der Waals surface area (Å²) >= 11 is 0. The van der Waals surface area contributed by atoms with Crippen LogP contribution in [0.2, 0.25) is 0 Å². The number of alkyl halides is 2. The van der Waals surface area contributed by atoms with Gasteiger partial charge in [-0.25, -0.2) is 4.79 Å². The minimum absolute atomic E-state index is 0.0897. The number of ether oxygens (including phenoxy) is 2. The van der Waals surface area contributed by atoms with Crippen LogP contribution in [0.4, 0.5) is 8.78 Å². The molecule has 0 amide bonds. The highest BCUT2D eigenvalue weighted by Gasteiger charge is 2.44. The fraction of sp³-hybridized carbons (Fsp3) is 0.467. The Morgan fingerprint density at radius 3 is 2.68 bits per heavy atom. The standard InChI is InChI=1S/C15H17F2NO4/c1-3-21-14(19)15(16,17)9-12-8-13(18-22-12)10-4-6-11(20-2)7-5-10/h4-7,12H,3,8-9H2,1-2H3. The Morgan fingerprint density at radius 1 is 1.41 bits per heavy atom.